The Kier molecular flexibility index (Phi) is 4.34. The van der Waals surface area contributed by atoms with Gasteiger partial charge in [-0.1, -0.05) is 12.1 Å². The van der Waals surface area contributed by atoms with Gasteiger partial charge in [0.25, 0.3) is 5.91 Å². The Hall–Kier alpha value is -2.67. The number of carbonyl (C=O) groups excluding carboxylic acids is 1. The summed E-state index contributed by atoms with van der Waals surface area (Å²) in [6.07, 6.45) is 2.76. The van der Waals surface area contributed by atoms with Crippen LogP contribution in [0.15, 0.2) is 46.7 Å². The topological polar surface area (TPSA) is 96.1 Å². The van der Waals surface area contributed by atoms with Crippen LogP contribution in [-0.4, -0.2) is 31.1 Å². The van der Waals surface area contributed by atoms with Crippen LogP contribution in [0.2, 0.25) is 0 Å². The van der Waals surface area contributed by atoms with E-state index in [4.69, 9.17) is 0 Å². The van der Waals surface area contributed by atoms with E-state index in [-0.39, 0.29) is 11.3 Å². The fraction of sp³-hybridized carbons (Fsp3) is 0.222. The number of carbonyl (C=O) groups is 1. The first-order valence-electron chi connectivity index (χ1n) is 7.77. The third-order valence-corrected chi connectivity index (χ3v) is 5.62. The molecule has 1 aromatic carbocycles. The van der Waals surface area contributed by atoms with Gasteiger partial charge < -0.3 is 10.3 Å². The normalized spacial score (nSPS) is 18.2. The highest BCUT2D eigenvalue weighted by Crippen LogP contribution is 2.19. The quantitative estimate of drug-likeness (QED) is 0.873. The first-order valence-corrected chi connectivity index (χ1v) is 9.49. The van der Waals surface area contributed by atoms with Crippen molar-refractivity contribution in [3.05, 3.63) is 68.9 Å². The Morgan fingerprint density at radius 1 is 1.20 bits per heavy atom. The first-order chi connectivity index (χ1) is 11.7. The van der Waals surface area contributed by atoms with E-state index in [1.54, 1.807) is 0 Å². The molecule has 1 aliphatic rings. The smallest absolute Gasteiger partial charge is 0.257 e. The molecule has 25 heavy (non-hydrogen) atoms. The van der Waals surface area contributed by atoms with Crippen LogP contribution >= 0.6 is 0 Å². The van der Waals surface area contributed by atoms with Crippen molar-refractivity contribution in [2.24, 2.45) is 0 Å². The number of hydrogen-bond acceptors (Lipinski definition) is 4. The van der Waals surface area contributed by atoms with Gasteiger partial charge in [0.05, 0.1) is 11.8 Å². The lowest BCUT2D eigenvalue weighted by Crippen LogP contribution is -2.37. The average molecular weight is 358 g/mol. The molecule has 3 rings (SSSR count). The highest BCUT2D eigenvalue weighted by atomic mass is 32.2. The maximum absolute atomic E-state index is 12.3. The van der Waals surface area contributed by atoms with Crippen molar-refractivity contribution in [1.29, 1.82) is 0 Å². The van der Waals surface area contributed by atoms with Gasteiger partial charge in [0.2, 0.25) is 0 Å². The molecule has 0 aliphatic carbocycles. The molecule has 2 aromatic rings. The van der Waals surface area contributed by atoms with Crippen molar-refractivity contribution in [1.82, 2.24) is 10.3 Å². The van der Waals surface area contributed by atoms with Gasteiger partial charge in [-0.25, -0.2) is 8.42 Å². The lowest BCUT2D eigenvalue weighted by atomic mass is 10.0. The highest BCUT2D eigenvalue weighted by Gasteiger charge is 2.24. The van der Waals surface area contributed by atoms with Gasteiger partial charge in [-0.15, -0.1) is 0 Å². The number of aryl methyl sites for hydroxylation is 2. The number of amides is 1. The van der Waals surface area contributed by atoms with Gasteiger partial charge in [-0.2, -0.15) is 0 Å². The summed E-state index contributed by atoms with van der Waals surface area (Å²) in [7, 11) is -3.27. The van der Waals surface area contributed by atoms with Gasteiger partial charge in [0, 0.05) is 23.4 Å². The number of aromatic nitrogens is 1. The first kappa shape index (κ1) is 17.2. The van der Waals surface area contributed by atoms with Crippen molar-refractivity contribution in [2.75, 3.05) is 5.75 Å². The summed E-state index contributed by atoms with van der Waals surface area (Å²) >= 11 is 0. The molecule has 130 valence electrons. The number of rotatable bonds is 3. The van der Waals surface area contributed by atoms with Crippen LogP contribution in [0.1, 0.15) is 21.5 Å². The summed E-state index contributed by atoms with van der Waals surface area (Å²) in [6, 6.07) is 6.60. The van der Waals surface area contributed by atoms with Crippen molar-refractivity contribution in [2.45, 2.75) is 19.9 Å². The van der Waals surface area contributed by atoms with Crippen LogP contribution in [0.4, 0.5) is 0 Å². The molecule has 1 unspecified atom stereocenters. The molecule has 0 saturated heterocycles. The van der Waals surface area contributed by atoms with Crippen LogP contribution in [-0.2, 0) is 9.84 Å². The third kappa shape index (κ3) is 3.71. The maximum atomic E-state index is 12.3. The third-order valence-electron chi connectivity index (χ3n) is 4.22. The van der Waals surface area contributed by atoms with Gasteiger partial charge >= 0.3 is 0 Å². The van der Waals surface area contributed by atoms with Crippen LogP contribution in [0.3, 0.4) is 0 Å². The molecule has 1 aromatic heterocycles. The largest absolute Gasteiger partial charge is 0.360 e. The maximum Gasteiger partial charge on any atom is 0.257 e. The minimum atomic E-state index is -3.27. The van der Waals surface area contributed by atoms with Crippen LogP contribution in [0.5, 0.6) is 0 Å². The SMILES string of the molecule is Cc1ccc(-c2cc(=O)c(C(=O)NC3C=CS(=O)(=O)C3)c[nH]2)cc1C. The molecule has 2 N–H and O–H groups in total. The number of nitrogens with one attached hydrogen (secondary N) is 2. The minimum absolute atomic E-state index is 0.0507. The molecular formula is C18H18N2O4S. The molecule has 0 bridgehead atoms. The van der Waals surface area contributed by atoms with E-state index in [2.05, 4.69) is 10.3 Å². The van der Waals surface area contributed by atoms with Crippen LogP contribution in [0, 0.1) is 13.8 Å². The second kappa shape index (κ2) is 6.33. The molecule has 1 amide bonds. The van der Waals surface area contributed by atoms with E-state index in [1.165, 1.54) is 18.3 Å². The van der Waals surface area contributed by atoms with Crippen LogP contribution < -0.4 is 10.7 Å². The molecule has 0 saturated carbocycles. The molecule has 7 heteroatoms. The van der Waals surface area contributed by atoms with Crippen molar-refractivity contribution in [3.8, 4) is 11.3 Å². The molecule has 0 spiro atoms. The van der Waals surface area contributed by atoms with Gasteiger partial charge in [-0.3, -0.25) is 9.59 Å². The van der Waals surface area contributed by atoms with Gasteiger partial charge in [0.15, 0.2) is 15.3 Å². The number of sulfone groups is 1. The molecule has 1 atom stereocenters. The summed E-state index contributed by atoms with van der Waals surface area (Å²) in [6.45, 7) is 3.99. The zero-order chi connectivity index (χ0) is 18.2. The predicted octanol–water partition coefficient (Wildman–Crippen LogP) is 1.70. The lowest BCUT2D eigenvalue weighted by Gasteiger charge is -2.10. The Morgan fingerprint density at radius 3 is 2.56 bits per heavy atom. The fourth-order valence-corrected chi connectivity index (χ4v) is 3.87. The minimum Gasteiger partial charge on any atom is -0.360 e. The summed E-state index contributed by atoms with van der Waals surface area (Å²) < 4.78 is 22.7. The molecule has 0 fully saturated rings. The number of H-pyrrole nitrogens is 1. The molecule has 0 radical (unpaired) electrons. The summed E-state index contributed by atoms with van der Waals surface area (Å²) in [5.74, 6) is -0.781. The molecular weight excluding hydrogens is 340 g/mol. The molecule has 2 heterocycles. The Bertz CT molecular complexity index is 1040. The second-order valence-corrected chi connectivity index (χ2v) is 8.09. The van der Waals surface area contributed by atoms with Crippen molar-refractivity contribution < 1.29 is 13.2 Å². The molecule has 6 nitrogen and oxygen atoms in total. The van der Waals surface area contributed by atoms with E-state index in [0.29, 0.717) is 5.69 Å². The van der Waals surface area contributed by atoms with E-state index in [0.717, 1.165) is 22.1 Å². The standard InChI is InChI=1S/C18H18N2O4S/c1-11-3-4-13(7-12(11)2)16-8-17(21)15(9-19-16)18(22)20-14-5-6-25(23,24)10-14/h3-9,14H,10H2,1-2H3,(H,19,21)(H,20,22). The Morgan fingerprint density at radius 2 is 1.96 bits per heavy atom. The fourth-order valence-electron chi connectivity index (χ4n) is 2.64. The number of aromatic amines is 1. The van der Waals surface area contributed by atoms with Crippen molar-refractivity contribution >= 4 is 15.7 Å². The summed E-state index contributed by atoms with van der Waals surface area (Å²) in [4.78, 5) is 27.5. The zero-order valence-corrected chi connectivity index (χ0v) is 14.7. The van der Waals surface area contributed by atoms with E-state index < -0.39 is 27.2 Å². The Balaban J connectivity index is 1.82. The summed E-state index contributed by atoms with van der Waals surface area (Å²) in [5.41, 5.74) is 3.26. The van der Waals surface area contributed by atoms with E-state index in [1.807, 2.05) is 32.0 Å². The highest BCUT2D eigenvalue weighted by molar-refractivity contribution is 7.94. The van der Waals surface area contributed by atoms with Crippen LogP contribution in [0.25, 0.3) is 11.3 Å². The lowest BCUT2D eigenvalue weighted by molar-refractivity contribution is 0.0946. The zero-order valence-electron chi connectivity index (χ0n) is 13.9. The summed E-state index contributed by atoms with van der Waals surface area (Å²) in [5, 5.41) is 3.62. The van der Waals surface area contributed by atoms with Gasteiger partial charge in [0.1, 0.15) is 5.56 Å². The van der Waals surface area contributed by atoms with E-state index >= 15 is 0 Å². The van der Waals surface area contributed by atoms with E-state index in [9.17, 15) is 18.0 Å². The number of benzene rings is 1. The predicted molar refractivity (Wildman–Crippen MR) is 96.2 cm³/mol. The van der Waals surface area contributed by atoms with Gasteiger partial charge in [-0.05, 0) is 42.7 Å². The Labute approximate surface area is 145 Å². The number of pyridine rings is 1. The number of hydrogen-bond donors (Lipinski definition) is 2. The molecule has 1 aliphatic heterocycles. The second-order valence-electron chi connectivity index (χ2n) is 6.16. The monoisotopic (exact) mass is 358 g/mol. The average Bonchev–Trinajstić information content (AvgIpc) is 2.88. The van der Waals surface area contributed by atoms with Crippen molar-refractivity contribution in [3.63, 3.8) is 0 Å².